The van der Waals surface area contributed by atoms with E-state index in [2.05, 4.69) is 10.6 Å². The number of halogens is 1. The average Bonchev–Trinajstić information content (AvgIpc) is 2.61. The maximum Gasteiger partial charge on any atom is 0.251 e. The second-order valence-corrected chi connectivity index (χ2v) is 6.81. The molecule has 0 aromatic heterocycles. The molecule has 0 aliphatic carbocycles. The van der Waals surface area contributed by atoms with Crippen molar-refractivity contribution in [1.82, 2.24) is 5.32 Å². The van der Waals surface area contributed by atoms with Gasteiger partial charge in [0.2, 0.25) is 5.91 Å². The summed E-state index contributed by atoms with van der Waals surface area (Å²) in [5, 5.41) is 6.27. The lowest BCUT2D eigenvalue weighted by Gasteiger charge is -2.22. The fraction of sp³-hybridized carbons (Fsp3) is 0.300. The van der Waals surface area contributed by atoms with Crippen LogP contribution >= 0.6 is 11.6 Å². The zero-order valence-electron chi connectivity index (χ0n) is 15.3. The summed E-state index contributed by atoms with van der Waals surface area (Å²) in [5.74, 6) is 0.00401. The van der Waals surface area contributed by atoms with Gasteiger partial charge in [0.25, 0.3) is 5.91 Å². The monoisotopic (exact) mass is 374 g/mol. The van der Waals surface area contributed by atoms with E-state index in [1.807, 2.05) is 20.8 Å². The standard InChI is InChI=1S/C20H23ClN2O3/c1-12(2)18(20(25)22-17-10-7-15(21)11-13(17)3)23-19(24)14-5-8-16(26-4)9-6-14/h5-12,18H,1-4H3,(H,22,25)(H,23,24)/t18-/m0/s1. The van der Waals surface area contributed by atoms with Crippen LogP contribution in [0.25, 0.3) is 0 Å². The molecule has 2 aromatic carbocycles. The molecule has 0 spiro atoms. The lowest BCUT2D eigenvalue weighted by molar-refractivity contribution is -0.118. The van der Waals surface area contributed by atoms with Gasteiger partial charge in [-0.3, -0.25) is 9.59 Å². The Morgan fingerprint density at radius 3 is 2.27 bits per heavy atom. The summed E-state index contributed by atoms with van der Waals surface area (Å²) in [7, 11) is 1.56. The van der Waals surface area contributed by atoms with Crippen molar-refractivity contribution in [3.63, 3.8) is 0 Å². The van der Waals surface area contributed by atoms with Crippen molar-refractivity contribution < 1.29 is 14.3 Å². The van der Waals surface area contributed by atoms with Crippen LogP contribution in [0.1, 0.15) is 29.8 Å². The molecule has 0 aliphatic heterocycles. The van der Waals surface area contributed by atoms with E-state index in [-0.39, 0.29) is 17.7 Å². The van der Waals surface area contributed by atoms with Crippen molar-refractivity contribution in [2.75, 3.05) is 12.4 Å². The Hall–Kier alpha value is -2.53. The second kappa shape index (κ2) is 8.72. The Labute approximate surface area is 158 Å². The molecule has 2 amide bonds. The quantitative estimate of drug-likeness (QED) is 0.801. The van der Waals surface area contributed by atoms with Gasteiger partial charge in [-0.05, 0) is 60.9 Å². The van der Waals surface area contributed by atoms with Gasteiger partial charge < -0.3 is 15.4 Å². The highest BCUT2D eigenvalue weighted by Crippen LogP contribution is 2.20. The van der Waals surface area contributed by atoms with Crippen LogP contribution in [0.3, 0.4) is 0 Å². The summed E-state index contributed by atoms with van der Waals surface area (Å²) in [6, 6.07) is 11.3. The highest BCUT2D eigenvalue weighted by atomic mass is 35.5. The number of rotatable bonds is 6. The van der Waals surface area contributed by atoms with Crippen molar-refractivity contribution in [3.8, 4) is 5.75 Å². The minimum absolute atomic E-state index is 0.0789. The molecule has 0 aliphatic rings. The normalized spacial score (nSPS) is 11.8. The highest BCUT2D eigenvalue weighted by molar-refractivity contribution is 6.30. The fourth-order valence-electron chi connectivity index (χ4n) is 2.48. The molecule has 0 saturated carbocycles. The van der Waals surface area contributed by atoms with Gasteiger partial charge in [0.05, 0.1) is 7.11 Å². The number of methoxy groups -OCH3 is 1. The summed E-state index contributed by atoms with van der Waals surface area (Å²) in [5.41, 5.74) is 1.99. The Bertz CT molecular complexity index is 788. The summed E-state index contributed by atoms with van der Waals surface area (Å²) >= 11 is 5.95. The number of hydrogen-bond acceptors (Lipinski definition) is 3. The first kappa shape index (κ1) is 19.8. The number of amides is 2. The van der Waals surface area contributed by atoms with E-state index < -0.39 is 6.04 Å². The van der Waals surface area contributed by atoms with Gasteiger partial charge in [0.1, 0.15) is 11.8 Å². The van der Waals surface area contributed by atoms with Crippen LogP contribution in [-0.4, -0.2) is 25.0 Å². The molecule has 5 nitrogen and oxygen atoms in total. The molecular formula is C20H23ClN2O3. The predicted molar refractivity (Wildman–Crippen MR) is 104 cm³/mol. The zero-order chi connectivity index (χ0) is 19.3. The number of nitrogens with one attached hydrogen (secondary N) is 2. The first-order chi connectivity index (χ1) is 12.3. The third-order valence-corrected chi connectivity index (χ3v) is 4.27. The number of aryl methyl sites for hydroxylation is 1. The molecule has 0 saturated heterocycles. The Kier molecular flexibility index (Phi) is 6.64. The SMILES string of the molecule is COc1ccc(C(=O)N[C@H](C(=O)Nc2ccc(Cl)cc2C)C(C)C)cc1. The third-order valence-electron chi connectivity index (χ3n) is 4.03. The molecule has 6 heteroatoms. The van der Waals surface area contributed by atoms with Gasteiger partial charge >= 0.3 is 0 Å². The second-order valence-electron chi connectivity index (χ2n) is 6.37. The molecule has 0 fully saturated rings. The Balaban J connectivity index is 2.11. The molecule has 2 N–H and O–H groups in total. The average molecular weight is 375 g/mol. The maximum atomic E-state index is 12.7. The molecule has 0 bridgehead atoms. The minimum atomic E-state index is -0.667. The van der Waals surface area contributed by atoms with Crippen molar-refractivity contribution in [2.24, 2.45) is 5.92 Å². The van der Waals surface area contributed by atoms with Crippen LogP contribution in [0.4, 0.5) is 5.69 Å². The Morgan fingerprint density at radius 1 is 1.08 bits per heavy atom. The molecule has 0 heterocycles. The highest BCUT2D eigenvalue weighted by Gasteiger charge is 2.25. The maximum absolute atomic E-state index is 12.7. The summed E-state index contributed by atoms with van der Waals surface area (Å²) in [6.45, 7) is 5.63. The van der Waals surface area contributed by atoms with Gasteiger partial charge in [-0.2, -0.15) is 0 Å². The van der Waals surface area contributed by atoms with E-state index in [9.17, 15) is 9.59 Å². The molecule has 138 valence electrons. The van der Waals surface area contributed by atoms with Gasteiger partial charge in [0, 0.05) is 16.3 Å². The van der Waals surface area contributed by atoms with Crippen molar-refractivity contribution >= 4 is 29.1 Å². The summed E-state index contributed by atoms with van der Waals surface area (Å²) in [4.78, 5) is 25.2. The van der Waals surface area contributed by atoms with Crippen LogP contribution in [0.2, 0.25) is 5.02 Å². The third kappa shape index (κ3) is 4.99. The van der Waals surface area contributed by atoms with Crippen LogP contribution < -0.4 is 15.4 Å². The molecule has 2 aromatic rings. The smallest absolute Gasteiger partial charge is 0.251 e. The van der Waals surface area contributed by atoms with Crippen LogP contribution in [-0.2, 0) is 4.79 Å². The Morgan fingerprint density at radius 2 is 1.73 bits per heavy atom. The number of ether oxygens (including phenoxy) is 1. The van der Waals surface area contributed by atoms with Gasteiger partial charge in [-0.25, -0.2) is 0 Å². The topological polar surface area (TPSA) is 67.4 Å². The molecule has 0 radical (unpaired) electrons. The van der Waals surface area contributed by atoms with Gasteiger partial charge in [-0.1, -0.05) is 25.4 Å². The molecule has 1 atom stereocenters. The lowest BCUT2D eigenvalue weighted by atomic mass is 10.0. The van der Waals surface area contributed by atoms with E-state index in [4.69, 9.17) is 16.3 Å². The number of carbonyl (C=O) groups is 2. The number of benzene rings is 2. The largest absolute Gasteiger partial charge is 0.497 e. The number of hydrogen-bond donors (Lipinski definition) is 2. The molecular weight excluding hydrogens is 352 g/mol. The molecule has 0 unspecified atom stereocenters. The predicted octanol–water partition coefficient (Wildman–Crippen LogP) is 4.05. The van der Waals surface area contributed by atoms with Gasteiger partial charge in [0.15, 0.2) is 0 Å². The van der Waals surface area contributed by atoms with Crippen molar-refractivity contribution in [2.45, 2.75) is 26.8 Å². The first-order valence-corrected chi connectivity index (χ1v) is 8.71. The van der Waals surface area contributed by atoms with E-state index in [1.165, 1.54) is 0 Å². The van der Waals surface area contributed by atoms with E-state index in [0.717, 1.165) is 5.56 Å². The van der Waals surface area contributed by atoms with Crippen molar-refractivity contribution in [3.05, 3.63) is 58.6 Å². The molecule has 2 rings (SSSR count). The number of carbonyl (C=O) groups excluding carboxylic acids is 2. The van der Waals surface area contributed by atoms with Gasteiger partial charge in [-0.15, -0.1) is 0 Å². The summed E-state index contributed by atoms with van der Waals surface area (Å²) in [6.07, 6.45) is 0. The summed E-state index contributed by atoms with van der Waals surface area (Å²) < 4.78 is 5.09. The lowest BCUT2D eigenvalue weighted by Crippen LogP contribution is -2.47. The minimum Gasteiger partial charge on any atom is -0.497 e. The van der Waals surface area contributed by atoms with Crippen LogP contribution in [0, 0.1) is 12.8 Å². The zero-order valence-corrected chi connectivity index (χ0v) is 16.1. The number of anilines is 1. The van der Waals surface area contributed by atoms with E-state index in [1.54, 1.807) is 49.6 Å². The molecule has 26 heavy (non-hydrogen) atoms. The van der Waals surface area contributed by atoms with E-state index in [0.29, 0.717) is 22.0 Å². The first-order valence-electron chi connectivity index (χ1n) is 8.33. The van der Waals surface area contributed by atoms with Crippen molar-refractivity contribution in [1.29, 1.82) is 0 Å². The fourth-order valence-corrected chi connectivity index (χ4v) is 2.71. The van der Waals surface area contributed by atoms with Crippen LogP contribution in [0.15, 0.2) is 42.5 Å². The van der Waals surface area contributed by atoms with Crippen LogP contribution in [0.5, 0.6) is 5.75 Å². The van der Waals surface area contributed by atoms with E-state index >= 15 is 0 Å².